The standard InChI is InChI=1S/C32H12BF24.C15H17N2O2/c34-25(35,36)13-1-14(26(37,38)39)6-21(5-13)33(22-7-15(27(40,41)42)2-16(8-22)28(43,44)45,23-9-17(29(46,47)48)3-18(10-23)30(49,50)51)24-11-19(31(52,53)54)4-20(12-24)32(55,56)57;1-12(2)19-15(18)14-5-3-13(4-6-14)11-17-9-7-16-8-10-17/h1-12H;3-10,12H,11H2,1-2H3/q-1;+1. The molecule has 0 aliphatic rings. The minimum Gasteiger partial charge on any atom is -0.459 e. The highest BCUT2D eigenvalue weighted by atomic mass is 19.4. The summed E-state index contributed by atoms with van der Waals surface area (Å²) >= 11 is 0. The molecule has 76 heavy (non-hydrogen) atoms. The minimum absolute atomic E-state index is 0.0976. The SMILES string of the molecule is CC(C)OC(=O)c1ccc(C[n+]2ccncc2)cc1.FC(F)(F)c1cc([B-](c2cc(C(F)(F)F)cc(C(F)(F)F)c2)(c2cc(C(F)(F)F)cc(C(F)(F)F)c2)c2cc(C(F)(F)F)cc(C(F)(F)F)c2)cc(C(F)(F)F)c1. The maximum atomic E-state index is 14.2. The zero-order valence-electron chi connectivity index (χ0n) is 37.7. The molecule has 5 aromatic carbocycles. The van der Waals surface area contributed by atoms with Gasteiger partial charge < -0.3 is 4.74 Å². The second-order valence-corrected chi connectivity index (χ2v) is 16.8. The molecule has 0 aliphatic carbocycles. The average Bonchev–Trinajstić information content (AvgIpc) is 3.27. The van der Waals surface area contributed by atoms with Crippen molar-refractivity contribution in [1.29, 1.82) is 0 Å². The van der Waals surface area contributed by atoms with Crippen molar-refractivity contribution in [1.82, 2.24) is 4.98 Å². The maximum Gasteiger partial charge on any atom is 0.416 e. The maximum absolute atomic E-state index is 14.2. The molecule has 0 spiro atoms. The van der Waals surface area contributed by atoms with Gasteiger partial charge in [0, 0.05) is 5.56 Å². The fourth-order valence-corrected chi connectivity index (χ4v) is 7.76. The van der Waals surface area contributed by atoms with Gasteiger partial charge in [-0.25, -0.2) is 4.79 Å². The number of hydrogen-bond donors (Lipinski definition) is 0. The first-order valence-electron chi connectivity index (χ1n) is 20.9. The number of hydrogen-bond acceptors (Lipinski definition) is 3. The van der Waals surface area contributed by atoms with Gasteiger partial charge >= 0.3 is 55.4 Å². The van der Waals surface area contributed by atoms with Crippen LogP contribution in [0.5, 0.6) is 0 Å². The van der Waals surface area contributed by atoms with Crippen LogP contribution in [0, 0.1) is 0 Å². The van der Waals surface area contributed by atoms with Crippen molar-refractivity contribution < 1.29 is 119 Å². The predicted octanol–water partition coefficient (Wildman–Crippen LogP) is 13.2. The number of nitrogens with zero attached hydrogens (tertiary/aromatic N) is 2. The van der Waals surface area contributed by atoms with Gasteiger partial charge in [-0.2, -0.15) is 132 Å². The predicted molar refractivity (Wildman–Crippen MR) is 221 cm³/mol. The number of alkyl halides is 24. The van der Waals surface area contributed by atoms with Crippen LogP contribution in [0.15, 0.2) is 122 Å². The smallest absolute Gasteiger partial charge is 0.416 e. The summed E-state index contributed by atoms with van der Waals surface area (Å²) in [5.41, 5.74) is -28.5. The Hall–Kier alpha value is -6.97. The average molecular weight is 1120 g/mol. The number of ether oxygens (including phenoxy) is 1. The first-order valence-corrected chi connectivity index (χ1v) is 20.9. The first kappa shape index (κ1) is 59.9. The van der Waals surface area contributed by atoms with Gasteiger partial charge in [-0.15, -0.1) is 0 Å². The van der Waals surface area contributed by atoms with E-state index in [1.54, 1.807) is 24.5 Å². The third-order valence-electron chi connectivity index (χ3n) is 11.0. The number of halogens is 24. The third kappa shape index (κ3) is 14.3. The highest BCUT2D eigenvalue weighted by molar-refractivity contribution is 7.20. The summed E-state index contributed by atoms with van der Waals surface area (Å²) in [5.74, 6) is -0.280. The monoisotopic (exact) mass is 1120 g/mol. The van der Waals surface area contributed by atoms with Gasteiger partial charge in [0.15, 0.2) is 18.9 Å². The topological polar surface area (TPSA) is 43.1 Å². The van der Waals surface area contributed by atoms with Crippen LogP contribution in [0.3, 0.4) is 0 Å². The fraction of sp³-hybridized carbons (Fsp3) is 0.255. The van der Waals surface area contributed by atoms with Gasteiger partial charge in [0.2, 0.25) is 0 Å². The van der Waals surface area contributed by atoms with Crippen molar-refractivity contribution in [3.05, 3.63) is 177 Å². The van der Waals surface area contributed by atoms with E-state index in [1.807, 2.05) is 42.9 Å². The van der Waals surface area contributed by atoms with E-state index in [2.05, 4.69) is 4.98 Å². The van der Waals surface area contributed by atoms with Crippen LogP contribution in [0.25, 0.3) is 0 Å². The second-order valence-electron chi connectivity index (χ2n) is 16.8. The van der Waals surface area contributed by atoms with Gasteiger partial charge in [0.05, 0.1) is 68.6 Å². The van der Waals surface area contributed by atoms with Crippen LogP contribution in [-0.4, -0.2) is 23.2 Å². The summed E-state index contributed by atoms with van der Waals surface area (Å²) in [6.07, 6.45) is -47.6. The zero-order chi connectivity index (χ0) is 57.6. The molecule has 0 atom stereocenters. The van der Waals surface area contributed by atoms with Gasteiger partial charge in [-0.05, 0) is 50.2 Å². The molecule has 4 nitrogen and oxygen atoms in total. The van der Waals surface area contributed by atoms with Crippen molar-refractivity contribution in [3.8, 4) is 0 Å². The molecule has 410 valence electrons. The van der Waals surface area contributed by atoms with Crippen LogP contribution in [-0.2, 0) is 60.7 Å². The molecule has 0 N–H and O–H groups in total. The van der Waals surface area contributed by atoms with E-state index in [-0.39, 0.29) is 12.1 Å². The Bertz CT molecular complexity index is 2590. The lowest BCUT2D eigenvalue weighted by molar-refractivity contribution is -0.688. The number of carbonyl (C=O) groups is 1. The van der Waals surface area contributed by atoms with E-state index in [1.165, 1.54) is 0 Å². The molecule has 0 amide bonds. The van der Waals surface area contributed by atoms with Gasteiger partial charge in [-0.1, -0.05) is 60.7 Å². The highest BCUT2D eigenvalue weighted by Crippen LogP contribution is 2.41. The Morgan fingerprint density at radius 2 is 0.658 bits per heavy atom. The highest BCUT2D eigenvalue weighted by Gasteiger charge is 2.47. The van der Waals surface area contributed by atoms with Crippen molar-refractivity contribution in [2.24, 2.45) is 0 Å². The lowest BCUT2D eigenvalue weighted by Gasteiger charge is -2.46. The molecule has 1 aromatic heterocycles. The van der Waals surface area contributed by atoms with E-state index >= 15 is 0 Å². The number of benzene rings is 5. The molecular formula is C47H29BF24N2O2. The summed E-state index contributed by atoms with van der Waals surface area (Å²) in [6.45, 7) is 4.43. The van der Waals surface area contributed by atoms with Crippen molar-refractivity contribution in [2.45, 2.75) is 75.9 Å². The Balaban J connectivity index is 0.000000468. The van der Waals surface area contributed by atoms with Crippen molar-refractivity contribution in [3.63, 3.8) is 0 Å². The molecule has 0 radical (unpaired) electrons. The number of esters is 1. The summed E-state index contributed by atoms with van der Waals surface area (Å²) < 4.78 is 348. The molecular weight excluding hydrogens is 1090 g/mol. The van der Waals surface area contributed by atoms with Gasteiger partial charge in [0.25, 0.3) is 0 Å². The van der Waals surface area contributed by atoms with Crippen LogP contribution < -0.4 is 26.4 Å². The van der Waals surface area contributed by atoms with Crippen LogP contribution >= 0.6 is 0 Å². The molecule has 0 saturated carbocycles. The largest absolute Gasteiger partial charge is 0.459 e. The summed E-state index contributed by atoms with van der Waals surface area (Å²) in [6, 6.07) is -1.35. The van der Waals surface area contributed by atoms with Gasteiger partial charge in [0.1, 0.15) is 6.15 Å². The Morgan fingerprint density at radius 3 is 0.868 bits per heavy atom. The van der Waals surface area contributed by atoms with E-state index in [4.69, 9.17) is 4.74 Å². The number of carbonyl (C=O) groups excluding carboxylic acids is 1. The molecule has 6 aromatic rings. The van der Waals surface area contributed by atoms with Crippen LogP contribution in [0.4, 0.5) is 105 Å². The molecule has 0 unspecified atom stereocenters. The Labute approximate surface area is 411 Å². The molecule has 6 rings (SSSR count). The Kier molecular flexibility index (Phi) is 16.5. The minimum atomic E-state index is -6.13. The number of rotatable bonds is 8. The van der Waals surface area contributed by atoms with E-state index in [0.717, 1.165) is 12.1 Å². The van der Waals surface area contributed by atoms with E-state index in [9.17, 15) is 110 Å². The van der Waals surface area contributed by atoms with Crippen LogP contribution in [0.1, 0.15) is 74.3 Å². The molecule has 0 aliphatic heterocycles. The van der Waals surface area contributed by atoms with E-state index in [0.29, 0.717) is 5.56 Å². The second kappa shape index (κ2) is 20.9. The van der Waals surface area contributed by atoms with Gasteiger partial charge in [-0.3, -0.25) is 4.98 Å². The molecule has 29 heteroatoms. The van der Waals surface area contributed by atoms with Crippen LogP contribution in [0.2, 0.25) is 0 Å². The molecule has 0 fully saturated rings. The first-order chi connectivity index (χ1) is 34.4. The Morgan fingerprint density at radius 1 is 0.421 bits per heavy atom. The summed E-state index contributed by atoms with van der Waals surface area (Å²) in [4.78, 5) is 15.7. The lowest BCUT2D eigenvalue weighted by atomic mass is 9.12. The van der Waals surface area contributed by atoms with Crippen molar-refractivity contribution >= 4 is 34.0 Å². The van der Waals surface area contributed by atoms with E-state index < -0.39 is 195 Å². The molecule has 0 bridgehead atoms. The normalized spacial score (nSPS) is 13.4. The zero-order valence-corrected chi connectivity index (χ0v) is 37.7. The fourth-order valence-electron chi connectivity index (χ4n) is 7.76. The summed E-state index contributed by atoms with van der Waals surface area (Å²) in [7, 11) is 0. The third-order valence-corrected chi connectivity index (χ3v) is 11.0. The quantitative estimate of drug-likeness (QED) is 0.0660. The molecule has 0 saturated heterocycles. The van der Waals surface area contributed by atoms with Crippen molar-refractivity contribution in [2.75, 3.05) is 0 Å². The lowest BCUT2D eigenvalue weighted by Crippen LogP contribution is -2.75. The number of aromatic nitrogens is 2. The molecule has 1 heterocycles. The summed E-state index contributed by atoms with van der Waals surface area (Å²) in [5, 5.41) is 0.